The predicted molar refractivity (Wildman–Crippen MR) is 68.4 cm³/mol. The molecule has 3 heteroatoms. The molecule has 0 radical (unpaired) electrons. The van der Waals surface area contributed by atoms with Gasteiger partial charge in [-0.2, -0.15) is 0 Å². The quantitative estimate of drug-likeness (QED) is 0.740. The Morgan fingerprint density at radius 2 is 1.94 bits per heavy atom. The summed E-state index contributed by atoms with van der Waals surface area (Å²) >= 11 is 0. The van der Waals surface area contributed by atoms with E-state index in [9.17, 15) is 0 Å². The van der Waals surface area contributed by atoms with Gasteiger partial charge in [-0.15, -0.1) is 0 Å². The molecular weight excluding hydrogens is 198 g/mol. The van der Waals surface area contributed by atoms with Crippen molar-refractivity contribution < 1.29 is 0 Å². The van der Waals surface area contributed by atoms with Crippen molar-refractivity contribution in [1.29, 1.82) is 0 Å². The first-order valence-electron chi connectivity index (χ1n) is 6.28. The number of nitrogens with one attached hydrogen (secondary N) is 1. The van der Waals surface area contributed by atoms with E-state index in [-0.39, 0.29) is 6.04 Å². The molecule has 16 heavy (non-hydrogen) atoms. The number of nitrogens with zero attached hydrogens (tertiary/aromatic N) is 2. The zero-order valence-corrected chi connectivity index (χ0v) is 11.1. The molecule has 1 fully saturated rings. The summed E-state index contributed by atoms with van der Waals surface area (Å²) in [6, 6.07) is 0.725. The Morgan fingerprint density at radius 3 is 2.38 bits per heavy atom. The third-order valence-electron chi connectivity index (χ3n) is 3.37. The minimum atomic E-state index is 0.112. The van der Waals surface area contributed by atoms with Gasteiger partial charge in [-0.1, -0.05) is 0 Å². The van der Waals surface area contributed by atoms with Gasteiger partial charge in [0.05, 0.1) is 6.54 Å². The van der Waals surface area contributed by atoms with Crippen molar-refractivity contribution in [2.24, 2.45) is 0 Å². The van der Waals surface area contributed by atoms with Crippen LogP contribution in [0.15, 0.2) is 0 Å². The molecule has 0 saturated carbocycles. The molecule has 1 aliphatic rings. The second-order valence-corrected chi connectivity index (χ2v) is 5.82. The van der Waals surface area contributed by atoms with Crippen LogP contribution in [-0.2, 0) is 0 Å². The Balaban J connectivity index is 2.25. The first kappa shape index (κ1) is 13.5. The van der Waals surface area contributed by atoms with Gasteiger partial charge in [0, 0.05) is 31.6 Å². The van der Waals surface area contributed by atoms with Gasteiger partial charge in [0.1, 0.15) is 0 Å². The average molecular weight is 223 g/mol. The number of hydrogen-bond acceptors (Lipinski definition) is 2. The normalized spacial score (nSPS) is 21.7. The molecule has 1 atom stereocenters. The molecule has 3 nitrogen and oxygen atoms in total. The van der Waals surface area contributed by atoms with Crippen LogP contribution in [0.4, 0.5) is 0 Å². The maximum Gasteiger partial charge on any atom is 0.233 e. The van der Waals surface area contributed by atoms with Crippen molar-refractivity contribution in [3.05, 3.63) is 11.4 Å². The highest BCUT2D eigenvalue weighted by Crippen LogP contribution is 2.19. The largest absolute Gasteiger partial charge is 0.313 e. The van der Waals surface area contributed by atoms with Gasteiger partial charge >= 0.3 is 0 Å². The van der Waals surface area contributed by atoms with Crippen molar-refractivity contribution in [2.75, 3.05) is 19.6 Å². The molecule has 0 aromatic heterocycles. The van der Waals surface area contributed by atoms with E-state index in [1.54, 1.807) is 0 Å². The summed E-state index contributed by atoms with van der Waals surface area (Å²) in [4.78, 5) is 6.05. The van der Waals surface area contributed by atoms with E-state index < -0.39 is 0 Å². The Bertz CT molecular complexity index is 241. The molecule has 1 unspecified atom stereocenters. The smallest absolute Gasteiger partial charge is 0.233 e. The van der Waals surface area contributed by atoms with Crippen molar-refractivity contribution in [3.8, 4) is 0 Å². The van der Waals surface area contributed by atoms with E-state index in [0.29, 0.717) is 11.6 Å². The molecule has 1 aliphatic heterocycles. The molecule has 0 spiro atoms. The Labute approximate surface area is 100 Å². The molecule has 1 rings (SSSR count). The minimum absolute atomic E-state index is 0.112. The van der Waals surface area contributed by atoms with Crippen LogP contribution in [0.1, 0.15) is 40.5 Å². The fourth-order valence-electron chi connectivity index (χ4n) is 2.14. The van der Waals surface area contributed by atoms with Crippen LogP contribution >= 0.6 is 0 Å². The average Bonchev–Trinajstić information content (AvgIpc) is 2.25. The standard InChI is InChI=1S/C13H25N3/c1-11(14-5)10-15-12-6-8-16(9-7-12)13(2,3)4/h11-12,15H,6-10H2,1-4H3. The highest BCUT2D eigenvalue weighted by molar-refractivity contribution is 4.86. The molecule has 92 valence electrons. The number of rotatable bonds is 3. The Kier molecular flexibility index (Phi) is 4.76. The van der Waals surface area contributed by atoms with Gasteiger partial charge in [-0.25, -0.2) is 6.57 Å². The van der Waals surface area contributed by atoms with Gasteiger partial charge in [-0.05, 0) is 33.6 Å². The summed E-state index contributed by atoms with van der Waals surface area (Å²) in [6.07, 6.45) is 2.42. The van der Waals surface area contributed by atoms with Crippen LogP contribution in [-0.4, -0.2) is 42.2 Å². The second-order valence-electron chi connectivity index (χ2n) is 5.82. The second kappa shape index (κ2) is 5.65. The molecule has 1 heterocycles. The summed E-state index contributed by atoms with van der Waals surface area (Å²) in [7, 11) is 0. The molecule has 0 aromatic carbocycles. The molecular formula is C13H25N3. The summed E-state index contributed by atoms with van der Waals surface area (Å²) < 4.78 is 0. The van der Waals surface area contributed by atoms with E-state index in [1.165, 1.54) is 25.9 Å². The van der Waals surface area contributed by atoms with Gasteiger partial charge in [0.25, 0.3) is 0 Å². The lowest BCUT2D eigenvalue weighted by molar-refractivity contribution is 0.0963. The highest BCUT2D eigenvalue weighted by atomic mass is 15.2. The zero-order valence-electron chi connectivity index (χ0n) is 11.1. The predicted octanol–water partition coefficient (Wildman–Crippen LogP) is 2.15. The monoisotopic (exact) mass is 223 g/mol. The third-order valence-corrected chi connectivity index (χ3v) is 3.37. The first-order valence-corrected chi connectivity index (χ1v) is 6.28. The Morgan fingerprint density at radius 1 is 1.38 bits per heavy atom. The van der Waals surface area contributed by atoms with E-state index >= 15 is 0 Å². The highest BCUT2D eigenvalue weighted by Gasteiger charge is 2.26. The van der Waals surface area contributed by atoms with Crippen LogP contribution in [0.3, 0.4) is 0 Å². The van der Waals surface area contributed by atoms with Gasteiger partial charge < -0.3 is 10.2 Å². The molecule has 0 aliphatic carbocycles. The third kappa shape index (κ3) is 4.11. The summed E-state index contributed by atoms with van der Waals surface area (Å²) in [5, 5.41) is 3.50. The summed E-state index contributed by atoms with van der Waals surface area (Å²) in [5.74, 6) is 0. The molecule has 0 amide bonds. The zero-order chi connectivity index (χ0) is 12.2. The van der Waals surface area contributed by atoms with Crippen LogP contribution < -0.4 is 5.32 Å². The lowest BCUT2D eigenvalue weighted by atomic mass is 9.98. The van der Waals surface area contributed by atoms with Crippen LogP contribution in [0.2, 0.25) is 0 Å². The van der Waals surface area contributed by atoms with E-state index in [2.05, 4.69) is 35.8 Å². The van der Waals surface area contributed by atoms with Gasteiger partial charge in [0.15, 0.2) is 0 Å². The van der Waals surface area contributed by atoms with Crippen molar-refractivity contribution in [2.45, 2.75) is 58.2 Å². The minimum Gasteiger partial charge on any atom is -0.313 e. The molecule has 1 N–H and O–H groups in total. The van der Waals surface area contributed by atoms with Gasteiger partial charge in [-0.3, -0.25) is 4.90 Å². The van der Waals surface area contributed by atoms with Crippen LogP contribution in [0.5, 0.6) is 0 Å². The summed E-state index contributed by atoms with van der Waals surface area (Å²) in [6.45, 7) is 18.9. The van der Waals surface area contributed by atoms with Crippen molar-refractivity contribution >= 4 is 0 Å². The number of hydrogen-bond donors (Lipinski definition) is 1. The van der Waals surface area contributed by atoms with E-state index in [4.69, 9.17) is 6.57 Å². The Hall–Kier alpha value is -0.590. The van der Waals surface area contributed by atoms with E-state index in [0.717, 1.165) is 6.54 Å². The lowest BCUT2D eigenvalue weighted by Crippen LogP contribution is -2.50. The SMILES string of the molecule is [C-]#[N+]C(C)CNC1CCN(C(C)(C)C)CC1. The van der Waals surface area contributed by atoms with Crippen LogP contribution in [0.25, 0.3) is 4.85 Å². The topological polar surface area (TPSA) is 19.6 Å². The van der Waals surface area contributed by atoms with Crippen molar-refractivity contribution in [3.63, 3.8) is 0 Å². The van der Waals surface area contributed by atoms with E-state index in [1.807, 2.05) is 6.92 Å². The van der Waals surface area contributed by atoms with Gasteiger partial charge in [0.2, 0.25) is 6.04 Å². The van der Waals surface area contributed by atoms with Crippen molar-refractivity contribution in [1.82, 2.24) is 10.2 Å². The number of likely N-dealkylation sites (tertiary alicyclic amines) is 1. The molecule has 0 bridgehead atoms. The fourth-order valence-corrected chi connectivity index (χ4v) is 2.14. The molecule has 1 saturated heterocycles. The number of piperidine rings is 1. The first-order chi connectivity index (χ1) is 7.43. The van der Waals surface area contributed by atoms with Crippen LogP contribution in [0, 0.1) is 6.57 Å². The molecule has 0 aromatic rings. The fraction of sp³-hybridized carbons (Fsp3) is 0.923. The maximum absolute atomic E-state index is 6.92. The maximum atomic E-state index is 6.92. The summed E-state index contributed by atoms with van der Waals surface area (Å²) in [5.41, 5.74) is 0.300. The lowest BCUT2D eigenvalue weighted by Gasteiger charge is -2.41.